The number of phenols is 3. The Kier molecular flexibility index (Phi) is 3.10. The SMILES string of the molecule is COc1cc(O)c2c(c1)C(=O)c1c(Br)c(O)cc(O)c1C2=O. The summed E-state index contributed by atoms with van der Waals surface area (Å²) in [7, 11) is 1.36. The maximum Gasteiger partial charge on any atom is 0.202 e. The van der Waals surface area contributed by atoms with Crippen LogP contribution in [0.25, 0.3) is 0 Å². The molecular weight excluding hydrogens is 356 g/mol. The van der Waals surface area contributed by atoms with Crippen LogP contribution in [0.4, 0.5) is 0 Å². The van der Waals surface area contributed by atoms with Gasteiger partial charge >= 0.3 is 0 Å². The summed E-state index contributed by atoms with van der Waals surface area (Å²) in [5.74, 6) is -2.42. The molecule has 3 rings (SSSR count). The fourth-order valence-electron chi connectivity index (χ4n) is 2.47. The van der Waals surface area contributed by atoms with Crippen LogP contribution in [-0.4, -0.2) is 34.0 Å². The van der Waals surface area contributed by atoms with E-state index in [1.165, 1.54) is 19.2 Å². The van der Waals surface area contributed by atoms with Gasteiger partial charge in [-0.3, -0.25) is 9.59 Å². The smallest absolute Gasteiger partial charge is 0.202 e. The Bertz CT molecular complexity index is 856. The molecule has 0 unspecified atom stereocenters. The number of carbonyl (C=O) groups is 2. The average molecular weight is 365 g/mol. The van der Waals surface area contributed by atoms with Crippen LogP contribution in [0.2, 0.25) is 0 Å². The normalized spacial score (nSPS) is 12.8. The van der Waals surface area contributed by atoms with Gasteiger partial charge in [-0.1, -0.05) is 0 Å². The van der Waals surface area contributed by atoms with Crippen LogP contribution in [0, 0.1) is 0 Å². The number of rotatable bonds is 1. The second-order valence-corrected chi connectivity index (χ2v) is 5.50. The van der Waals surface area contributed by atoms with Crippen molar-refractivity contribution in [3.8, 4) is 23.0 Å². The van der Waals surface area contributed by atoms with Gasteiger partial charge in [0.15, 0.2) is 5.78 Å². The lowest BCUT2D eigenvalue weighted by molar-refractivity contribution is 0.0973. The number of hydrogen-bond donors (Lipinski definition) is 3. The molecule has 0 spiro atoms. The molecule has 0 amide bonds. The number of methoxy groups -OCH3 is 1. The lowest BCUT2D eigenvalue weighted by Crippen LogP contribution is -2.22. The molecule has 0 fully saturated rings. The summed E-state index contributed by atoms with van der Waals surface area (Å²) in [6, 6.07) is 3.49. The molecule has 0 aliphatic heterocycles. The Morgan fingerprint density at radius 3 is 2.14 bits per heavy atom. The first-order chi connectivity index (χ1) is 10.4. The molecule has 0 aromatic heterocycles. The largest absolute Gasteiger partial charge is 0.507 e. The molecule has 0 bridgehead atoms. The first kappa shape index (κ1) is 14.4. The van der Waals surface area contributed by atoms with E-state index in [9.17, 15) is 24.9 Å². The highest BCUT2D eigenvalue weighted by Crippen LogP contribution is 2.44. The standard InChI is InChI=1S/C15H9BrO6/c1-22-5-2-6-10(7(17)3-5)15(21)11-8(18)4-9(19)13(16)12(11)14(6)20/h2-4,17-19H,1H3. The van der Waals surface area contributed by atoms with Crippen molar-refractivity contribution in [1.82, 2.24) is 0 Å². The summed E-state index contributed by atoms with van der Waals surface area (Å²) >= 11 is 3.05. The summed E-state index contributed by atoms with van der Waals surface area (Å²) in [5, 5.41) is 29.6. The molecule has 6 nitrogen and oxygen atoms in total. The fourth-order valence-corrected chi connectivity index (χ4v) is 2.96. The van der Waals surface area contributed by atoms with Crippen molar-refractivity contribution in [2.24, 2.45) is 0 Å². The van der Waals surface area contributed by atoms with Crippen LogP contribution in [0.5, 0.6) is 23.0 Å². The molecule has 1 aliphatic carbocycles. The van der Waals surface area contributed by atoms with E-state index in [1.807, 2.05) is 0 Å². The molecule has 0 heterocycles. The van der Waals surface area contributed by atoms with E-state index in [0.29, 0.717) is 0 Å². The number of aromatic hydroxyl groups is 3. The lowest BCUT2D eigenvalue weighted by atomic mass is 9.82. The predicted octanol–water partition coefficient (Wildman–Crippen LogP) is 2.35. The predicted molar refractivity (Wildman–Crippen MR) is 79.0 cm³/mol. The van der Waals surface area contributed by atoms with Gasteiger partial charge in [-0.25, -0.2) is 0 Å². The highest BCUT2D eigenvalue weighted by Gasteiger charge is 2.37. The number of fused-ring (bicyclic) bond motifs is 2. The second-order valence-electron chi connectivity index (χ2n) is 4.71. The van der Waals surface area contributed by atoms with Gasteiger partial charge in [-0.05, 0) is 22.0 Å². The topological polar surface area (TPSA) is 104 Å². The third-order valence-corrected chi connectivity index (χ3v) is 4.28. The zero-order valence-corrected chi connectivity index (χ0v) is 12.8. The van der Waals surface area contributed by atoms with Gasteiger partial charge in [0.1, 0.15) is 23.0 Å². The number of ether oxygens (including phenoxy) is 1. The van der Waals surface area contributed by atoms with Gasteiger partial charge in [-0.15, -0.1) is 0 Å². The van der Waals surface area contributed by atoms with Crippen LogP contribution < -0.4 is 4.74 Å². The zero-order chi connectivity index (χ0) is 16.2. The van der Waals surface area contributed by atoms with E-state index in [0.717, 1.165) is 6.07 Å². The van der Waals surface area contributed by atoms with Crippen LogP contribution in [-0.2, 0) is 0 Å². The highest BCUT2D eigenvalue weighted by molar-refractivity contribution is 9.10. The Hall–Kier alpha value is -2.54. The zero-order valence-electron chi connectivity index (χ0n) is 11.2. The van der Waals surface area contributed by atoms with Gasteiger partial charge in [0.05, 0.1) is 28.3 Å². The molecule has 7 heteroatoms. The summed E-state index contributed by atoms with van der Waals surface area (Å²) in [5.41, 5.74) is -0.670. The molecule has 112 valence electrons. The van der Waals surface area contributed by atoms with Crippen LogP contribution >= 0.6 is 15.9 Å². The Morgan fingerprint density at radius 1 is 0.864 bits per heavy atom. The van der Waals surface area contributed by atoms with E-state index in [4.69, 9.17) is 4.74 Å². The lowest BCUT2D eigenvalue weighted by Gasteiger charge is -2.21. The van der Waals surface area contributed by atoms with E-state index in [2.05, 4.69) is 15.9 Å². The molecule has 0 saturated carbocycles. The van der Waals surface area contributed by atoms with Crippen LogP contribution in [0.3, 0.4) is 0 Å². The molecule has 2 aromatic carbocycles. The van der Waals surface area contributed by atoms with Crippen LogP contribution in [0.1, 0.15) is 31.8 Å². The molecular formula is C15H9BrO6. The van der Waals surface area contributed by atoms with Gasteiger partial charge < -0.3 is 20.1 Å². The minimum Gasteiger partial charge on any atom is -0.507 e. The third kappa shape index (κ3) is 1.79. The summed E-state index contributed by atoms with van der Waals surface area (Å²) in [4.78, 5) is 25.2. The van der Waals surface area contributed by atoms with E-state index in [1.54, 1.807) is 0 Å². The molecule has 2 aromatic rings. The van der Waals surface area contributed by atoms with Gasteiger partial charge in [0.2, 0.25) is 5.78 Å². The molecule has 0 atom stereocenters. The van der Waals surface area contributed by atoms with Crippen molar-refractivity contribution < 1.29 is 29.6 Å². The van der Waals surface area contributed by atoms with Crippen molar-refractivity contribution in [2.75, 3.05) is 7.11 Å². The first-order valence-corrected chi connectivity index (χ1v) is 6.91. The number of carbonyl (C=O) groups excluding carboxylic acids is 2. The highest BCUT2D eigenvalue weighted by atomic mass is 79.9. The summed E-state index contributed by atoms with van der Waals surface area (Å²) in [6.45, 7) is 0. The Morgan fingerprint density at radius 2 is 1.50 bits per heavy atom. The Labute approximate surface area is 132 Å². The first-order valence-electron chi connectivity index (χ1n) is 6.11. The third-order valence-electron chi connectivity index (χ3n) is 3.48. The van der Waals surface area contributed by atoms with E-state index >= 15 is 0 Å². The van der Waals surface area contributed by atoms with Gasteiger partial charge in [0.25, 0.3) is 0 Å². The van der Waals surface area contributed by atoms with Crippen molar-refractivity contribution in [3.63, 3.8) is 0 Å². The Balaban J connectivity index is 2.40. The quantitative estimate of drug-likeness (QED) is 0.612. The molecule has 22 heavy (non-hydrogen) atoms. The van der Waals surface area contributed by atoms with Crippen molar-refractivity contribution in [3.05, 3.63) is 44.9 Å². The molecule has 1 aliphatic rings. The van der Waals surface area contributed by atoms with Crippen molar-refractivity contribution >= 4 is 27.5 Å². The molecule has 3 N–H and O–H groups in total. The number of phenolic OH excluding ortho intramolecular Hbond substituents is 3. The summed E-state index contributed by atoms with van der Waals surface area (Å²) < 4.78 is 4.98. The van der Waals surface area contributed by atoms with E-state index < -0.39 is 23.1 Å². The van der Waals surface area contributed by atoms with Crippen molar-refractivity contribution in [2.45, 2.75) is 0 Å². The average Bonchev–Trinajstić information content (AvgIpc) is 2.47. The second kappa shape index (κ2) is 4.74. The number of hydrogen-bond acceptors (Lipinski definition) is 6. The maximum absolute atomic E-state index is 12.6. The maximum atomic E-state index is 12.6. The molecule has 0 saturated heterocycles. The number of benzene rings is 2. The number of ketones is 2. The minimum absolute atomic E-state index is 0.00612. The minimum atomic E-state index is -0.706. The van der Waals surface area contributed by atoms with Crippen molar-refractivity contribution in [1.29, 1.82) is 0 Å². The van der Waals surface area contributed by atoms with Gasteiger partial charge in [-0.2, -0.15) is 0 Å². The van der Waals surface area contributed by atoms with E-state index in [-0.39, 0.29) is 38.2 Å². The van der Waals surface area contributed by atoms with Gasteiger partial charge in [0, 0.05) is 17.7 Å². The summed E-state index contributed by atoms with van der Waals surface area (Å²) in [6.07, 6.45) is 0. The van der Waals surface area contributed by atoms with Crippen LogP contribution in [0.15, 0.2) is 22.7 Å². The number of halogens is 1. The monoisotopic (exact) mass is 364 g/mol. The molecule has 0 radical (unpaired) electrons. The fraction of sp³-hybridized carbons (Fsp3) is 0.0667.